The lowest BCUT2D eigenvalue weighted by Gasteiger charge is -2.01. The van der Waals surface area contributed by atoms with E-state index < -0.39 is 15.8 Å². The van der Waals surface area contributed by atoms with Crippen LogP contribution in [0.5, 0.6) is 0 Å². The number of nitrogens with one attached hydrogen (secondary N) is 1. The van der Waals surface area contributed by atoms with Gasteiger partial charge in [-0.3, -0.25) is 0 Å². The molecule has 0 saturated heterocycles. The standard InChI is InChI=1S/C4H9F2NO2S/c1-2-3-7-10(8,9)4(5)6/h4,7H,2-3H2,1H3. The van der Waals surface area contributed by atoms with Crippen LogP contribution in [0.3, 0.4) is 0 Å². The molecule has 6 heteroatoms. The number of hydrogen-bond donors (Lipinski definition) is 1. The Labute approximate surface area is 58.5 Å². The van der Waals surface area contributed by atoms with Gasteiger partial charge in [0.05, 0.1) is 0 Å². The topological polar surface area (TPSA) is 46.2 Å². The van der Waals surface area contributed by atoms with E-state index in [1.807, 2.05) is 0 Å². The maximum Gasteiger partial charge on any atom is 0.350 e. The molecule has 0 heterocycles. The molecule has 0 aromatic carbocycles. The summed E-state index contributed by atoms with van der Waals surface area (Å²) in [4.78, 5) is 0. The molecule has 0 fully saturated rings. The highest BCUT2D eigenvalue weighted by Gasteiger charge is 2.21. The van der Waals surface area contributed by atoms with Gasteiger partial charge in [0, 0.05) is 6.54 Å². The van der Waals surface area contributed by atoms with E-state index in [9.17, 15) is 17.2 Å². The van der Waals surface area contributed by atoms with Crippen LogP contribution in [0.4, 0.5) is 8.78 Å². The second-order valence-corrected chi connectivity index (χ2v) is 3.44. The van der Waals surface area contributed by atoms with Crippen molar-refractivity contribution >= 4 is 10.0 Å². The minimum Gasteiger partial charge on any atom is -0.210 e. The predicted molar refractivity (Wildman–Crippen MR) is 33.2 cm³/mol. The number of sulfonamides is 1. The zero-order valence-corrected chi connectivity index (χ0v) is 6.29. The van der Waals surface area contributed by atoms with Gasteiger partial charge in [0.25, 0.3) is 10.0 Å². The summed E-state index contributed by atoms with van der Waals surface area (Å²) in [7, 11) is -4.34. The summed E-state index contributed by atoms with van der Waals surface area (Å²) in [6.45, 7) is 1.75. The van der Waals surface area contributed by atoms with Crippen LogP contribution < -0.4 is 4.72 Å². The highest BCUT2D eigenvalue weighted by atomic mass is 32.2. The zero-order chi connectivity index (χ0) is 8.20. The van der Waals surface area contributed by atoms with E-state index in [1.54, 1.807) is 11.6 Å². The fourth-order valence-corrected chi connectivity index (χ4v) is 0.922. The summed E-state index contributed by atoms with van der Waals surface area (Å²) in [5, 5.41) is 0. The molecule has 0 aromatic heterocycles. The van der Waals surface area contributed by atoms with Gasteiger partial charge in [-0.2, -0.15) is 8.78 Å². The molecule has 3 nitrogen and oxygen atoms in total. The summed E-state index contributed by atoms with van der Waals surface area (Å²) in [6, 6.07) is 0. The van der Waals surface area contributed by atoms with Crippen LogP contribution in [0.1, 0.15) is 13.3 Å². The minimum atomic E-state index is -4.34. The summed E-state index contributed by atoms with van der Waals surface area (Å²) in [5.74, 6) is -3.32. The molecule has 0 saturated carbocycles. The number of hydrogen-bond acceptors (Lipinski definition) is 2. The summed E-state index contributed by atoms with van der Waals surface area (Å²) < 4.78 is 45.2. The zero-order valence-electron chi connectivity index (χ0n) is 5.47. The third kappa shape index (κ3) is 3.07. The molecule has 0 aromatic rings. The quantitative estimate of drug-likeness (QED) is 0.674. The molecule has 62 valence electrons. The second kappa shape index (κ2) is 3.82. The summed E-state index contributed by atoms with van der Waals surface area (Å²) in [5.41, 5.74) is 0. The van der Waals surface area contributed by atoms with Gasteiger partial charge in [-0.15, -0.1) is 0 Å². The van der Waals surface area contributed by atoms with E-state index in [4.69, 9.17) is 0 Å². The lowest BCUT2D eigenvalue weighted by Crippen LogP contribution is -2.29. The van der Waals surface area contributed by atoms with Crippen molar-refractivity contribution in [2.45, 2.75) is 19.1 Å². The van der Waals surface area contributed by atoms with Crippen molar-refractivity contribution in [3.05, 3.63) is 0 Å². The van der Waals surface area contributed by atoms with Crippen molar-refractivity contribution in [1.29, 1.82) is 0 Å². The fourth-order valence-electron chi connectivity index (χ4n) is 0.307. The smallest absolute Gasteiger partial charge is 0.210 e. The van der Waals surface area contributed by atoms with Gasteiger partial charge in [-0.05, 0) is 6.42 Å². The van der Waals surface area contributed by atoms with Gasteiger partial charge in [0.2, 0.25) is 0 Å². The molecule has 1 N–H and O–H groups in total. The molecule has 0 aliphatic rings. The number of halogens is 2. The van der Waals surface area contributed by atoms with Crippen LogP contribution in [0, 0.1) is 0 Å². The van der Waals surface area contributed by atoms with Crippen molar-refractivity contribution in [3.8, 4) is 0 Å². The van der Waals surface area contributed by atoms with Crippen molar-refractivity contribution in [1.82, 2.24) is 4.72 Å². The molecule has 10 heavy (non-hydrogen) atoms. The van der Waals surface area contributed by atoms with E-state index in [1.165, 1.54) is 0 Å². The second-order valence-electron chi connectivity index (χ2n) is 1.70. The highest BCUT2D eigenvalue weighted by molar-refractivity contribution is 7.89. The Hall–Kier alpha value is -0.230. The van der Waals surface area contributed by atoms with Gasteiger partial charge in [-0.25, -0.2) is 13.1 Å². The Balaban J connectivity index is 3.90. The van der Waals surface area contributed by atoms with Crippen molar-refractivity contribution < 1.29 is 17.2 Å². The monoisotopic (exact) mass is 173 g/mol. The van der Waals surface area contributed by atoms with Crippen LogP contribution in [0.2, 0.25) is 0 Å². The summed E-state index contributed by atoms with van der Waals surface area (Å²) in [6.07, 6.45) is 0.506. The van der Waals surface area contributed by atoms with Crippen LogP contribution in [-0.4, -0.2) is 20.7 Å². The first-order valence-corrected chi connectivity index (χ1v) is 4.32. The van der Waals surface area contributed by atoms with Crippen molar-refractivity contribution in [2.24, 2.45) is 0 Å². The van der Waals surface area contributed by atoms with Crippen LogP contribution in [-0.2, 0) is 10.0 Å². The molecule has 0 atom stereocenters. The third-order valence-corrected chi connectivity index (χ3v) is 1.86. The molecule has 0 rings (SSSR count). The van der Waals surface area contributed by atoms with E-state index >= 15 is 0 Å². The normalized spacial score (nSPS) is 12.4. The van der Waals surface area contributed by atoms with Gasteiger partial charge < -0.3 is 0 Å². The SMILES string of the molecule is CCCNS(=O)(=O)C(F)F. The van der Waals surface area contributed by atoms with Crippen LogP contribution >= 0.6 is 0 Å². The van der Waals surface area contributed by atoms with Crippen molar-refractivity contribution in [3.63, 3.8) is 0 Å². The van der Waals surface area contributed by atoms with Gasteiger partial charge in [0.1, 0.15) is 0 Å². The Kier molecular flexibility index (Phi) is 3.73. The Bertz CT molecular complexity index is 178. The minimum absolute atomic E-state index is 0.0622. The molecule has 0 bridgehead atoms. The van der Waals surface area contributed by atoms with Gasteiger partial charge >= 0.3 is 5.76 Å². The third-order valence-electron chi connectivity index (χ3n) is 0.788. The fraction of sp³-hybridized carbons (Fsp3) is 1.00. The lowest BCUT2D eigenvalue weighted by molar-refractivity contribution is 0.232. The molecule has 0 aliphatic carbocycles. The highest BCUT2D eigenvalue weighted by Crippen LogP contribution is 2.00. The van der Waals surface area contributed by atoms with E-state index in [0.717, 1.165) is 0 Å². The molecule has 0 radical (unpaired) electrons. The average molecular weight is 173 g/mol. The van der Waals surface area contributed by atoms with Gasteiger partial charge in [0.15, 0.2) is 0 Å². The molecule has 0 unspecified atom stereocenters. The van der Waals surface area contributed by atoms with Crippen LogP contribution in [0.15, 0.2) is 0 Å². The molecule has 0 aliphatic heterocycles. The van der Waals surface area contributed by atoms with E-state index in [0.29, 0.717) is 6.42 Å². The Morgan fingerprint density at radius 3 is 2.30 bits per heavy atom. The number of rotatable bonds is 4. The first kappa shape index (κ1) is 9.77. The maximum absolute atomic E-state index is 11.5. The Morgan fingerprint density at radius 2 is 2.00 bits per heavy atom. The van der Waals surface area contributed by atoms with Crippen molar-refractivity contribution in [2.75, 3.05) is 6.54 Å². The first-order valence-electron chi connectivity index (χ1n) is 2.77. The van der Waals surface area contributed by atoms with Crippen LogP contribution in [0.25, 0.3) is 0 Å². The molecular formula is C4H9F2NO2S. The summed E-state index contributed by atoms with van der Waals surface area (Å²) >= 11 is 0. The van der Waals surface area contributed by atoms with Gasteiger partial charge in [-0.1, -0.05) is 6.92 Å². The largest absolute Gasteiger partial charge is 0.350 e. The predicted octanol–water partition coefficient (Wildman–Crippen LogP) is 0.538. The molecular weight excluding hydrogens is 164 g/mol. The van der Waals surface area contributed by atoms with E-state index in [-0.39, 0.29) is 6.54 Å². The first-order chi connectivity index (χ1) is 4.50. The molecule has 0 amide bonds. The average Bonchev–Trinajstić information content (AvgIpc) is 1.84. The lowest BCUT2D eigenvalue weighted by atomic mass is 10.5. The van der Waals surface area contributed by atoms with E-state index in [2.05, 4.69) is 0 Å². The molecule has 0 spiro atoms. The number of alkyl halides is 2. The Morgan fingerprint density at radius 1 is 1.50 bits per heavy atom. The maximum atomic E-state index is 11.5.